The van der Waals surface area contributed by atoms with Crippen LogP contribution >= 0.6 is 24.0 Å². The van der Waals surface area contributed by atoms with E-state index in [9.17, 15) is 0 Å². The summed E-state index contributed by atoms with van der Waals surface area (Å²) in [6, 6.07) is 8.43. The van der Waals surface area contributed by atoms with Crippen molar-refractivity contribution in [2.24, 2.45) is 0 Å². The third-order valence-corrected chi connectivity index (χ3v) is 2.53. The second-order valence-electron chi connectivity index (χ2n) is 2.97. The van der Waals surface area contributed by atoms with Crippen LogP contribution in [-0.4, -0.2) is 13.1 Å². The quantitative estimate of drug-likeness (QED) is 0.718. The first-order valence-corrected chi connectivity index (χ1v) is 5.25. The van der Waals surface area contributed by atoms with Gasteiger partial charge in [-0.2, -0.15) is 0 Å². The van der Waals surface area contributed by atoms with Crippen molar-refractivity contribution < 1.29 is 0 Å². The van der Waals surface area contributed by atoms with Gasteiger partial charge in [0, 0.05) is 24.7 Å². The lowest BCUT2D eigenvalue weighted by Gasteiger charge is -2.20. The molecule has 0 aliphatic carbocycles. The number of hydrogen-bond acceptors (Lipinski definition) is 1. The van der Waals surface area contributed by atoms with Crippen LogP contribution in [-0.2, 0) is 5.88 Å². The molecule has 0 unspecified atom stereocenters. The van der Waals surface area contributed by atoms with Gasteiger partial charge in [-0.1, -0.05) is 12.1 Å². The Kier molecular flexibility index (Phi) is 6.77. The summed E-state index contributed by atoms with van der Waals surface area (Å²) >= 11 is 5.71. The van der Waals surface area contributed by atoms with Gasteiger partial charge in [0.05, 0.1) is 0 Å². The molecule has 3 heteroatoms. The Morgan fingerprint density at radius 2 is 1.57 bits per heavy atom. The van der Waals surface area contributed by atoms with Crippen molar-refractivity contribution in [3.63, 3.8) is 0 Å². The molecule has 0 saturated carbocycles. The Bertz CT molecular complexity index is 242. The summed E-state index contributed by atoms with van der Waals surface area (Å²) in [4.78, 5) is 2.32. The van der Waals surface area contributed by atoms with E-state index in [1.165, 1.54) is 11.3 Å². The molecule has 0 aliphatic heterocycles. The van der Waals surface area contributed by atoms with Crippen molar-refractivity contribution in [1.82, 2.24) is 0 Å². The molecule has 1 rings (SSSR count). The fraction of sp³-hybridized carbons (Fsp3) is 0.455. The number of hydrogen-bond donors (Lipinski definition) is 0. The van der Waals surface area contributed by atoms with Crippen LogP contribution in [0.15, 0.2) is 24.3 Å². The average Bonchev–Trinajstić information content (AvgIpc) is 2.21. The van der Waals surface area contributed by atoms with Crippen molar-refractivity contribution >= 4 is 29.7 Å². The van der Waals surface area contributed by atoms with Gasteiger partial charge >= 0.3 is 0 Å². The summed E-state index contributed by atoms with van der Waals surface area (Å²) in [6.45, 7) is 6.44. The number of alkyl halides is 1. The lowest BCUT2D eigenvalue weighted by atomic mass is 10.2. The van der Waals surface area contributed by atoms with Crippen LogP contribution < -0.4 is 4.90 Å². The van der Waals surface area contributed by atoms with Gasteiger partial charge in [-0.3, -0.25) is 0 Å². The smallest absolute Gasteiger partial charge is 0.0474 e. The number of halogens is 2. The third-order valence-electron chi connectivity index (χ3n) is 2.22. The van der Waals surface area contributed by atoms with Crippen LogP contribution in [0.1, 0.15) is 19.4 Å². The zero-order chi connectivity index (χ0) is 9.68. The Labute approximate surface area is 97.5 Å². The highest BCUT2D eigenvalue weighted by molar-refractivity contribution is 6.17. The minimum absolute atomic E-state index is 0. The van der Waals surface area contributed by atoms with Gasteiger partial charge in [0.15, 0.2) is 0 Å². The summed E-state index contributed by atoms with van der Waals surface area (Å²) in [5.74, 6) is 0.596. The summed E-state index contributed by atoms with van der Waals surface area (Å²) in [7, 11) is 0. The summed E-state index contributed by atoms with van der Waals surface area (Å²) < 4.78 is 0. The van der Waals surface area contributed by atoms with E-state index < -0.39 is 0 Å². The first kappa shape index (κ1) is 13.6. The maximum atomic E-state index is 5.71. The Morgan fingerprint density at radius 3 is 1.93 bits per heavy atom. The van der Waals surface area contributed by atoms with E-state index in [4.69, 9.17) is 11.6 Å². The molecule has 0 atom stereocenters. The van der Waals surface area contributed by atoms with E-state index in [0.717, 1.165) is 13.1 Å². The average molecular weight is 234 g/mol. The molecule has 0 fully saturated rings. The van der Waals surface area contributed by atoms with Gasteiger partial charge in [-0.25, -0.2) is 0 Å². The van der Waals surface area contributed by atoms with E-state index in [1.54, 1.807) is 0 Å². The van der Waals surface area contributed by atoms with Crippen LogP contribution in [0.2, 0.25) is 0 Å². The van der Waals surface area contributed by atoms with Gasteiger partial charge < -0.3 is 4.90 Å². The molecule has 0 amide bonds. The first-order chi connectivity index (χ1) is 6.31. The lowest BCUT2D eigenvalue weighted by Crippen LogP contribution is -2.21. The SMILES string of the molecule is CCN(CC)c1ccc(CCl)cc1.Cl. The predicted octanol–water partition coefficient (Wildman–Crippen LogP) is 3.69. The maximum Gasteiger partial charge on any atom is 0.0474 e. The van der Waals surface area contributed by atoms with E-state index in [2.05, 4.69) is 43.0 Å². The highest BCUT2D eigenvalue weighted by atomic mass is 35.5. The molecule has 0 aliphatic rings. The van der Waals surface area contributed by atoms with E-state index in [-0.39, 0.29) is 12.4 Å². The molecule has 0 heterocycles. The zero-order valence-corrected chi connectivity index (χ0v) is 10.2. The minimum Gasteiger partial charge on any atom is -0.372 e. The Hall–Kier alpha value is -0.400. The largest absolute Gasteiger partial charge is 0.372 e. The summed E-state index contributed by atoms with van der Waals surface area (Å²) in [5, 5.41) is 0. The molecule has 0 bridgehead atoms. The molecular weight excluding hydrogens is 217 g/mol. The van der Waals surface area contributed by atoms with Crippen LogP contribution in [0.5, 0.6) is 0 Å². The fourth-order valence-corrected chi connectivity index (χ4v) is 1.56. The molecule has 0 radical (unpaired) electrons. The molecule has 14 heavy (non-hydrogen) atoms. The molecule has 0 saturated heterocycles. The molecular formula is C11H17Cl2N. The Morgan fingerprint density at radius 1 is 1.07 bits per heavy atom. The van der Waals surface area contributed by atoms with E-state index in [0.29, 0.717) is 5.88 Å². The van der Waals surface area contributed by atoms with Gasteiger partial charge in [-0.05, 0) is 31.5 Å². The molecule has 0 N–H and O–H groups in total. The van der Waals surface area contributed by atoms with Crippen molar-refractivity contribution in [1.29, 1.82) is 0 Å². The highest BCUT2D eigenvalue weighted by Gasteiger charge is 2.00. The lowest BCUT2D eigenvalue weighted by molar-refractivity contribution is 0.866. The summed E-state index contributed by atoms with van der Waals surface area (Å²) in [6.07, 6.45) is 0. The highest BCUT2D eigenvalue weighted by Crippen LogP contribution is 2.15. The fourth-order valence-electron chi connectivity index (χ4n) is 1.38. The molecule has 1 aromatic rings. The van der Waals surface area contributed by atoms with Crippen molar-refractivity contribution in [3.05, 3.63) is 29.8 Å². The normalized spacial score (nSPS) is 9.36. The second-order valence-corrected chi connectivity index (χ2v) is 3.24. The van der Waals surface area contributed by atoms with E-state index in [1.807, 2.05) is 0 Å². The van der Waals surface area contributed by atoms with Crippen LogP contribution in [0.25, 0.3) is 0 Å². The third kappa shape index (κ3) is 3.39. The maximum absolute atomic E-state index is 5.71. The number of anilines is 1. The van der Waals surface area contributed by atoms with Crippen LogP contribution in [0.4, 0.5) is 5.69 Å². The van der Waals surface area contributed by atoms with E-state index >= 15 is 0 Å². The van der Waals surface area contributed by atoms with Crippen LogP contribution in [0.3, 0.4) is 0 Å². The Balaban J connectivity index is 0.00000169. The number of rotatable bonds is 4. The second kappa shape index (κ2) is 6.97. The first-order valence-electron chi connectivity index (χ1n) is 4.71. The molecule has 1 aromatic carbocycles. The standard InChI is InChI=1S/C11H16ClN.ClH/c1-3-13(4-2)11-7-5-10(9-12)6-8-11;/h5-8H,3-4,9H2,1-2H3;1H. The van der Waals surface area contributed by atoms with Gasteiger partial charge in [0.1, 0.15) is 0 Å². The van der Waals surface area contributed by atoms with Crippen molar-refractivity contribution in [2.75, 3.05) is 18.0 Å². The van der Waals surface area contributed by atoms with Crippen molar-refractivity contribution in [3.8, 4) is 0 Å². The topological polar surface area (TPSA) is 3.24 Å². The van der Waals surface area contributed by atoms with Gasteiger partial charge in [-0.15, -0.1) is 24.0 Å². The number of nitrogens with zero attached hydrogens (tertiary/aromatic N) is 1. The molecule has 0 aromatic heterocycles. The van der Waals surface area contributed by atoms with Gasteiger partial charge in [0.2, 0.25) is 0 Å². The minimum atomic E-state index is 0. The monoisotopic (exact) mass is 233 g/mol. The summed E-state index contributed by atoms with van der Waals surface area (Å²) in [5.41, 5.74) is 2.46. The van der Waals surface area contributed by atoms with Crippen molar-refractivity contribution in [2.45, 2.75) is 19.7 Å². The predicted molar refractivity (Wildman–Crippen MR) is 66.8 cm³/mol. The molecule has 80 valence electrons. The molecule has 0 spiro atoms. The number of benzene rings is 1. The van der Waals surface area contributed by atoms with Crippen LogP contribution in [0, 0.1) is 0 Å². The zero-order valence-electron chi connectivity index (χ0n) is 8.66. The van der Waals surface area contributed by atoms with Gasteiger partial charge in [0.25, 0.3) is 0 Å². The molecule has 1 nitrogen and oxygen atoms in total.